The number of ether oxygens (including phenoxy) is 1. The van der Waals surface area contributed by atoms with E-state index in [1.54, 1.807) is 6.20 Å². The van der Waals surface area contributed by atoms with Crippen LogP contribution in [0.15, 0.2) is 36.5 Å². The van der Waals surface area contributed by atoms with E-state index < -0.39 is 0 Å². The molecule has 1 aromatic carbocycles. The maximum atomic E-state index is 5.72. The lowest BCUT2D eigenvalue weighted by molar-refractivity contribution is 0.303. The second-order valence-corrected chi connectivity index (χ2v) is 4.66. The molecule has 1 N–H and O–H groups in total. The minimum absolute atomic E-state index is 0.176. The van der Waals surface area contributed by atoms with Crippen molar-refractivity contribution in [1.82, 2.24) is 9.97 Å². The van der Waals surface area contributed by atoms with Gasteiger partial charge in [0.1, 0.15) is 24.0 Å². The molecule has 0 radical (unpaired) electrons. The van der Waals surface area contributed by atoms with Crippen molar-refractivity contribution in [3.63, 3.8) is 0 Å². The van der Waals surface area contributed by atoms with Crippen molar-refractivity contribution in [2.75, 3.05) is 11.9 Å². The highest BCUT2D eigenvalue weighted by molar-refractivity contribution is 5.34. The van der Waals surface area contributed by atoms with Gasteiger partial charge in [0.15, 0.2) is 0 Å². The Balaban J connectivity index is 1.84. The normalized spacial score (nSPS) is 11.9. The molecule has 2 rings (SSSR count). The second-order valence-electron chi connectivity index (χ2n) is 4.66. The van der Waals surface area contributed by atoms with Gasteiger partial charge in [-0.05, 0) is 39.0 Å². The van der Waals surface area contributed by atoms with Crippen LogP contribution in [0.1, 0.15) is 18.3 Å². The lowest BCUT2D eigenvalue weighted by Gasteiger charge is -2.15. The molecular formula is C15H19N3O. The summed E-state index contributed by atoms with van der Waals surface area (Å²) in [4.78, 5) is 8.37. The molecule has 0 spiro atoms. The Morgan fingerprint density at radius 3 is 2.58 bits per heavy atom. The number of rotatable bonds is 5. The average Bonchev–Trinajstić information content (AvgIpc) is 2.38. The molecule has 1 unspecified atom stereocenters. The first-order valence-electron chi connectivity index (χ1n) is 6.39. The Labute approximate surface area is 113 Å². The van der Waals surface area contributed by atoms with Crippen LogP contribution in [0.4, 0.5) is 5.82 Å². The zero-order valence-electron chi connectivity index (χ0n) is 11.6. The maximum absolute atomic E-state index is 5.72. The van der Waals surface area contributed by atoms with E-state index >= 15 is 0 Å². The highest BCUT2D eigenvalue weighted by atomic mass is 16.5. The van der Waals surface area contributed by atoms with Crippen molar-refractivity contribution < 1.29 is 4.74 Å². The number of aryl methyl sites for hydroxylation is 2. The lowest BCUT2D eigenvalue weighted by Crippen LogP contribution is -2.24. The summed E-state index contributed by atoms with van der Waals surface area (Å²) in [6.45, 7) is 6.59. The van der Waals surface area contributed by atoms with E-state index in [-0.39, 0.29) is 6.04 Å². The largest absolute Gasteiger partial charge is 0.491 e. The van der Waals surface area contributed by atoms with Gasteiger partial charge in [0.05, 0.1) is 6.04 Å². The van der Waals surface area contributed by atoms with Crippen LogP contribution in [-0.4, -0.2) is 22.6 Å². The van der Waals surface area contributed by atoms with Crippen molar-refractivity contribution in [3.05, 3.63) is 47.9 Å². The van der Waals surface area contributed by atoms with Crippen LogP contribution in [0.3, 0.4) is 0 Å². The SMILES string of the molecule is Cc1ccc(OCC(C)Nc2ccnc(C)n2)cc1. The Morgan fingerprint density at radius 2 is 1.89 bits per heavy atom. The van der Waals surface area contributed by atoms with Gasteiger partial charge in [0, 0.05) is 6.20 Å². The third kappa shape index (κ3) is 4.25. The van der Waals surface area contributed by atoms with Gasteiger partial charge in [0.25, 0.3) is 0 Å². The summed E-state index contributed by atoms with van der Waals surface area (Å²) >= 11 is 0. The van der Waals surface area contributed by atoms with Crippen LogP contribution in [0, 0.1) is 13.8 Å². The fourth-order valence-corrected chi connectivity index (χ4v) is 1.69. The van der Waals surface area contributed by atoms with E-state index in [1.807, 2.05) is 37.3 Å². The average molecular weight is 257 g/mol. The lowest BCUT2D eigenvalue weighted by atomic mass is 10.2. The van der Waals surface area contributed by atoms with Crippen molar-refractivity contribution >= 4 is 5.82 Å². The van der Waals surface area contributed by atoms with Gasteiger partial charge in [0.2, 0.25) is 0 Å². The quantitative estimate of drug-likeness (QED) is 0.894. The third-order valence-corrected chi connectivity index (χ3v) is 2.69. The number of nitrogens with one attached hydrogen (secondary N) is 1. The molecule has 1 heterocycles. The molecule has 0 saturated heterocycles. The Bertz CT molecular complexity index is 525. The number of hydrogen-bond donors (Lipinski definition) is 1. The van der Waals surface area contributed by atoms with E-state index in [0.717, 1.165) is 17.4 Å². The predicted octanol–water partition coefficient (Wildman–Crippen LogP) is 2.97. The van der Waals surface area contributed by atoms with E-state index in [1.165, 1.54) is 5.56 Å². The van der Waals surface area contributed by atoms with Crippen LogP contribution in [0.5, 0.6) is 5.75 Å². The van der Waals surface area contributed by atoms with Crippen LogP contribution in [0.2, 0.25) is 0 Å². The highest BCUT2D eigenvalue weighted by Crippen LogP contribution is 2.12. The van der Waals surface area contributed by atoms with Crippen molar-refractivity contribution in [2.45, 2.75) is 26.8 Å². The van der Waals surface area contributed by atoms with Crippen LogP contribution >= 0.6 is 0 Å². The van der Waals surface area contributed by atoms with E-state index in [9.17, 15) is 0 Å². The Hall–Kier alpha value is -2.10. The van der Waals surface area contributed by atoms with Gasteiger partial charge in [-0.15, -0.1) is 0 Å². The maximum Gasteiger partial charge on any atom is 0.129 e. The van der Waals surface area contributed by atoms with E-state index in [2.05, 4.69) is 29.1 Å². The fraction of sp³-hybridized carbons (Fsp3) is 0.333. The molecular weight excluding hydrogens is 238 g/mol. The first-order valence-corrected chi connectivity index (χ1v) is 6.39. The van der Waals surface area contributed by atoms with Crippen LogP contribution in [0.25, 0.3) is 0 Å². The molecule has 0 amide bonds. The predicted molar refractivity (Wildman–Crippen MR) is 76.5 cm³/mol. The van der Waals surface area contributed by atoms with Gasteiger partial charge in [-0.25, -0.2) is 9.97 Å². The number of nitrogens with zero attached hydrogens (tertiary/aromatic N) is 2. The van der Waals surface area contributed by atoms with Gasteiger partial charge in [-0.1, -0.05) is 17.7 Å². The van der Waals surface area contributed by atoms with Crippen molar-refractivity contribution in [3.8, 4) is 5.75 Å². The minimum Gasteiger partial charge on any atom is -0.491 e. The fourth-order valence-electron chi connectivity index (χ4n) is 1.69. The highest BCUT2D eigenvalue weighted by Gasteiger charge is 2.04. The summed E-state index contributed by atoms with van der Waals surface area (Å²) in [5, 5.41) is 3.29. The van der Waals surface area contributed by atoms with Crippen LogP contribution in [-0.2, 0) is 0 Å². The monoisotopic (exact) mass is 257 g/mol. The summed E-state index contributed by atoms with van der Waals surface area (Å²) < 4.78 is 5.72. The number of anilines is 1. The summed E-state index contributed by atoms with van der Waals surface area (Å²) in [6, 6.07) is 10.1. The molecule has 100 valence electrons. The number of hydrogen-bond acceptors (Lipinski definition) is 4. The number of benzene rings is 1. The molecule has 1 atom stereocenters. The zero-order chi connectivity index (χ0) is 13.7. The standard InChI is InChI=1S/C15H19N3O/c1-11-4-6-14(7-5-11)19-10-12(2)17-15-8-9-16-13(3)18-15/h4-9,12H,10H2,1-3H3,(H,16,17,18). The molecule has 0 aliphatic carbocycles. The summed E-state index contributed by atoms with van der Waals surface area (Å²) in [5.74, 6) is 2.47. The van der Waals surface area contributed by atoms with Crippen LogP contribution < -0.4 is 10.1 Å². The topological polar surface area (TPSA) is 47.0 Å². The molecule has 0 saturated carbocycles. The molecule has 1 aromatic heterocycles. The third-order valence-electron chi connectivity index (χ3n) is 2.69. The van der Waals surface area contributed by atoms with Crippen molar-refractivity contribution in [2.24, 2.45) is 0 Å². The first-order chi connectivity index (χ1) is 9.13. The molecule has 4 nitrogen and oxygen atoms in total. The molecule has 0 aliphatic heterocycles. The minimum atomic E-state index is 0.176. The van der Waals surface area contributed by atoms with E-state index in [0.29, 0.717) is 6.61 Å². The molecule has 2 aromatic rings. The van der Waals surface area contributed by atoms with Gasteiger partial charge in [-0.2, -0.15) is 0 Å². The second kappa shape index (κ2) is 6.18. The molecule has 0 aliphatic rings. The molecule has 0 bridgehead atoms. The van der Waals surface area contributed by atoms with Gasteiger partial charge in [-0.3, -0.25) is 0 Å². The van der Waals surface area contributed by atoms with E-state index in [4.69, 9.17) is 4.74 Å². The summed E-state index contributed by atoms with van der Waals surface area (Å²) in [6.07, 6.45) is 1.75. The summed E-state index contributed by atoms with van der Waals surface area (Å²) in [7, 11) is 0. The smallest absolute Gasteiger partial charge is 0.129 e. The van der Waals surface area contributed by atoms with Gasteiger partial charge >= 0.3 is 0 Å². The van der Waals surface area contributed by atoms with Crippen molar-refractivity contribution in [1.29, 1.82) is 0 Å². The Morgan fingerprint density at radius 1 is 1.16 bits per heavy atom. The Kier molecular flexibility index (Phi) is 4.34. The first kappa shape index (κ1) is 13.3. The molecule has 19 heavy (non-hydrogen) atoms. The molecule has 0 fully saturated rings. The number of aromatic nitrogens is 2. The van der Waals surface area contributed by atoms with Gasteiger partial charge < -0.3 is 10.1 Å². The zero-order valence-corrected chi connectivity index (χ0v) is 11.6. The summed E-state index contributed by atoms with van der Waals surface area (Å²) in [5.41, 5.74) is 1.23. The molecule has 4 heteroatoms.